The summed E-state index contributed by atoms with van der Waals surface area (Å²) < 4.78 is 0. The molecular weight excluding hydrogens is 328 g/mol. The highest BCUT2D eigenvalue weighted by atomic mass is 16.2. The first-order chi connectivity index (χ1) is 12.5. The van der Waals surface area contributed by atoms with Crippen molar-refractivity contribution in [3.05, 3.63) is 53.3 Å². The fraction of sp³-hybridized carbons (Fsp3) is 0.400. The van der Waals surface area contributed by atoms with Gasteiger partial charge in [-0.2, -0.15) is 0 Å². The van der Waals surface area contributed by atoms with Gasteiger partial charge >= 0.3 is 0 Å². The number of aromatic amines is 1. The smallest absolute Gasteiger partial charge is 0.270 e. The molecule has 1 aromatic carbocycles. The molecule has 2 heterocycles. The largest absolute Gasteiger partial charge is 0.357 e. The molecular formula is C20H26N4O2. The zero-order valence-corrected chi connectivity index (χ0v) is 15.4. The highest BCUT2D eigenvalue weighted by Crippen LogP contribution is 2.14. The zero-order valence-electron chi connectivity index (χ0n) is 15.4. The minimum atomic E-state index is 0.0277. The minimum Gasteiger partial charge on any atom is -0.357 e. The van der Waals surface area contributed by atoms with Gasteiger partial charge in [0.15, 0.2) is 0 Å². The predicted molar refractivity (Wildman–Crippen MR) is 102 cm³/mol. The molecule has 0 atom stereocenters. The number of hydrogen-bond donors (Lipinski definition) is 2. The van der Waals surface area contributed by atoms with E-state index in [2.05, 4.69) is 21.3 Å². The normalized spacial score (nSPS) is 15.1. The van der Waals surface area contributed by atoms with Crippen LogP contribution >= 0.6 is 0 Å². The Kier molecular flexibility index (Phi) is 5.73. The van der Waals surface area contributed by atoms with Gasteiger partial charge in [0.1, 0.15) is 5.69 Å². The monoisotopic (exact) mass is 354 g/mol. The van der Waals surface area contributed by atoms with Gasteiger partial charge in [-0.15, -0.1) is 0 Å². The second kappa shape index (κ2) is 8.19. The summed E-state index contributed by atoms with van der Waals surface area (Å²) in [6.45, 7) is 7.73. The number of carbonyl (C=O) groups excluding carboxylic acids is 2. The van der Waals surface area contributed by atoms with E-state index in [0.717, 1.165) is 29.9 Å². The first kappa shape index (κ1) is 18.2. The summed E-state index contributed by atoms with van der Waals surface area (Å²) in [5.74, 6) is 0.0714. The SMILES string of the molecule is Cc1cc(C)cc(NC(=O)CCN2CCN(C(=O)c3ccc[nH]3)CC2)c1. The molecule has 2 aromatic rings. The van der Waals surface area contributed by atoms with Crippen molar-refractivity contribution in [3.63, 3.8) is 0 Å². The molecule has 0 aliphatic carbocycles. The van der Waals surface area contributed by atoms with Gasteiger partial charge in [-0.1, -0.05) is 6.07 Å². The van der Waals surface area contributed by atoms with E-state index in [4.69, 9.17) is 0 Å². The first-order valence-electron chi connectivity index (χ1n) is 9.04. The van der Waals surface area contributed by atoms with E-state index in [0.29, 0.717) is 31.7 Å². The number of aromatic nitrogens is 1. The molecule has 0 unspecified atom stereocenters. The Labute approximate surface area is 154 Å². The van der Waals surface area contributed by atoms with Crippen molar-refractivity contribution in [1.29, 1.82) is 0 Å². The summed E-state index contributed by atoms with van der Waals surface area (Å²) in [4.78, 5) is 31.6. The van der Waals surface area contributed by atoms with Crippen LogP contribution in [0.2, 0.25) is 0 Å². The number of carbonyl (C=O) groups is 2. The Morgan fingerprint density at radius 2 is 1.77 bits per heavy atom. The molecule has 1 aromatic heterocycles. The molecule has 6 heteroatoms. The van der Waals surface area contributed by atoms with E-state index < -0.39 is 0 Å². The predicted octanol–water partition coefficient (Wildman–Crippen LogP) is 2.42. The third-order valence-corrected chi connectivity index (χ3v) is 4.65. The van der Waals surface area contributed by atoms with Gasteiger partial charge in [0.05, 0.1) is 0 Å². The summed E-state index contributed by atoms with van der Waals surface area (Å²) in [6.07, 6.45) is 2.22. The Morgan fingerprint density at radius 3 is 2.38 bits per heavy atom. The quantitative estimate of drug-likeness (QED) is 0.866. The van der Waals surface area contributed by atoms with Crippen molar-refractivity contribution in [3.8, 4) is 0 Å². The van der Waals surface area contributed by atoms with E-state index in [1.807, 2.05) is 36.9 Å². The molecule has 1 aliphatic rings. The average Bonchev–Trinajstić information content (AvgIpc) is 3.13. The molecule has 3 rings (SSSR count). The summed E-state index contributed by atoms with van der Waals surface area (Å²) >= 11 is 0. The lowest BCUT2D eigenvalue weighted by molar-refractivity contribution is -0.116. The number of nitrogens with zero attached hydrogens (tertiary/aromatic N) is 2. The Balaban J connectivity index is 1.42. The van der Waals surface area contributed by atoms with Crippen molar-refractivity contribution in [2.24, 2.45) is 0 Å². The lowest BCUT2D eigenvalue weighted by Crippen LogP contribution is -2.49. The van der Waals surface area contributed by atoms with E-state index >= 15 is 0 Å². The van der Waals surface area contributed by atoms with Gasteiger partial charge < -0.3 is 15.2 Å². The van der Waals surface area contributed by atoms with Crippen molar-refractivity contribution in [2.45, 2.75) is 20.3 Å². The fourth-order valence-corrected chi connectivity index (χ4v) is 3.34. The number of rotatable bonds is 5. The molecule has 2 N–H and O–H groups in total. The highest BCUT2D eigenvalue weighted by molar-refractivity contribution is 5.92. The van der Waals surface area contributed by atoms with Crippen LogP contribution in [0.4, 0.5) is 5.69 Å². The van der Waals surface area contributed by atoms with Crippen LogP contribution in [0.15, 0.2) is 36.5 Å². The van der Waals surface area contributed by atoms with Crippen LogP contribution < -0.4 is 5.32 Å². The third-order valence-electron chi connectivity index (χ3n) is 4.65. The lowest BCUT2D eigenvalue weighted by Gasteiger charge is -2.34. The van der Waals surface area contributed by atoms with Crippen LogP contribution in [0, 0.1) is 13.8 Å². The maximum Gasteiger partial charge on any atom is 0.270 e. The molecule has 26 heavy (non-hydrogen) atoms. The number of nitrogens with one attached hydrogen (secondary N) is 2. The fourth-order valence-electron chi connectivity index (χ4n) is 3.34. The van der Waals surface area contributed by atoms with Crippen LogP contribution in [0.25, 0.3) is 0 Å². The van der Waals surface area contributed by atoms with Crippen LogP contribution in [-0.4, -0.2) is 59.3 Å². The molecule has 0 saturated carbocycles. The van der Waals surface area contributed by atoms with Gasteiger partial charge in [-0.3, -0.25) is 14.5 Å². The van der Waals surface area contributed by atoms with E-state index in [9.17, 15) is 9.59 Å². The summed E-state index contributed by atoms with van der Waals surface area (Å²) in [6, 6.07) is 9.68. The molecule has 0 spiro atoms. The maximum absolute atomic E-state index is 12.3. The van der Waals surface area contributed by atoms with E-state index in [-0.39, 0.29) is 11.8 Å². The van der Waals surface area contributed by atoms with E-state index in [1.54, 1.807) is 12.3 Å². The second-order valence-corrected chi connectivity index (χ2v) is 6.89. The molecule has 0 radical (unpaired) electrons. The topological polar surface area (TPSA) is 68.4 Å². The first-order valence-corrected chi connectivity index (χ1v) is 9.04. The number of aryl methyl sites for hydroxylation is 2. The number of anilines is 1. The molecule has 2 amide bonds. The van der Waals surface area contributed by atoms with Crippen LogP contribution in [-0.2, 0) is 4.79 Å². The van der Waals surface area contributed by atoms with Gasteiger partial charge in [-0.05, 0) is 49.2 Å². The number of hydrogen-bond acceptors (Lipinski definition) is 3. The van der Waals surface area contributed by atoms with Crippen LogP contribution in [0.1, 0.15) is 28.0 Å². The zero-order chi connectivity index (χ0) is 18.5. The van der Waals surface area contributed by atoms with Gasteiger partial charge in [0.2, 0.25) is 5.91 Å². The third kappa shape index (κ3) is 4.73. The lowest BCUT2D eigenvalue weighted by atomic mass is 10.1. The Morgan fingerprint density at radius 1 is 1.08 bits per heavy atom. The highest BCUT2D eigenvalue weighted by Gasteiger charge is 2.22. The Hall–Kier alpha value is -2.60. The van der Waals surface area contributed by atoms with Crippen molar-refractivity contribution < 1.29 is 9.59 Å². The van der Waals surface area contributed by atoms with Crippen LogP contribution in [0.3, 0.4) is 0 Å². The summed E-state index contributed by atoms with van der Waals surface area (Å²) in [7, 11) is 0. The van der Waals surface area contributed by atoms with Gasteiger partial charge in [0.25, 0.3) is 5.91 Å². The van der Waals surface area contributed by atoms with Crippen molar-refractivity contribution in [2.75, 3.05) is 38.0 Å². The maximum atomic E-state index is 12.3. The molecule has 0 bridgehead atoms. The van der Waals surface area contributed by atoms with Gasteiger partial charge in [0, 0.05) is 51.0 Å². The van der Waals surface area contributed by atoms with Crippen molar-refractivity contribution in [1.82, 2.24) is 14.8 Å². The molecule has 6 nitrogen and oxygen atoms in total. The number of benzene rings is 1. The summed E-state index contributed by atoms with van der Waals surface area (Å²) in [5.41, 5.74) is 3.77. The van der Waals surface area contributed by atoms with Gasteiger partial charge in [-0.25, -0.2) is 0 Å². The number of H-pyrrole nitrogens is 1. The standard InChI is InChI=1S/C20H26N4O2/c1-15-12-16(2)14-17(13-15)22-19(25)5-7-23-8-10-24(11-9-23)20(26)18-4-3-6-21-18/h3-4,6,12-14,21H,5,7-11H2,1-2H3,(H,22,25). The van der Waals surface area contributed by atoms with Crippen LogP contribution in [0.5, 0.6) is 0 Å². The molecule has 1 saturated heterocycles. The van der Waals surface area contributed by atoms with Crippen molar-refractivity contribution >= 4 is 17.5 Å². The molecule has 1 fully saturated rings. The molecule has 1 aliphatic heterocycles. The summed E-state index contributed by atoms with van der Waals surface area (Å²) in [5, 5.41) is 2.97. The average molecular weight is 354 g/mol. The molecule has 138 valence electrons. The number of piperazine rings is 1. The second-order valence-electron chi connectivity index (χ2n) is 6.89. The van der Waals surface area contributed by atoms with E-state index in [1.165, 1.54) is 0 Å². The minimum absolute atomic E-state index is 0.0277. The number of amides is 2. The Bertz CT molecular complexity index is 742.